The molecule has 0 saturated carbocycles. The summed E-state index contributed by atoms with van der Waals surface area (Å²) in [5, 5.41) is 9.96. The molecule has 1 aromatic carbocycles. The Bertz CT molecular complexity index is 444. The van der Waals surface area contributed by atoms with E-state index in [2.05, 4.69) is 25.7 Å². The van der Waals surface area contributed by atoms with Gasteiger partial charge >= 0.3 is 0 Å². The minimum atomic E-state index is -0.483. The van der Waals surface area contributed by atoms with Gasteiger partial charge in [-0.1, -0.05) is 50.7 Å². The summed E-state index contributed by atoms with van der Waals surface area (Å²) in [5.41, 5.74) is 7.37. The first-order valence-corrected chi connectivity index (χ1v) is 7.70. The zero-order chi connectivity index (χ0) is 14.8. The largest absolute Gasteiger partial charge is 0.388 e. The Balaban J connectivity index is 2.74. The molecular weight excluding hydrogens is 246 g/mol. The Morgan fingerprint density at radius 2 is 2.05 bits per heavy atom. The van der Waals surface area contributed by atoms with E-state index in [1.807, 2.05) is 24.3 Å². The number of hydrogen-bond acceptors (Lipinski definition) is 2. The van der Waals surface area contributed by atoms with Gasteiger partial charge in [0.25, 0.3) is 0 Å². The molecule has 0 aliphatic heterocycles. The summed E-state index contributed by atoms with van der Waals surface area (Å²) < 4.78 is 0. The maximum absolute atomic E-state index is 9.96. The van der Waals surface area contributed by atoms with E-state index < -0.39 is 6.10 Å². The lowest BCUT2D eigenvalue weighted by atomic mass is 9.99. The average Bonchev–Trinajstić information content (AvgIpc) is 2.48. The summed E-state index contributed by atoms with van der Waals surface area (Å²) in [5.74, 6) is 7.09. The maximum atomic E-state index is 9.96. The normalized spacial score (nSPS) is 13.4. The molecule has 1 aromatic rings. The summed E-state index contributed by atoms with van der Waals surface area (Å²) in [6.45, 7) is 4.89. The molecular formula is C18H27NO. The molecule has 0 saturated heterocycles. The van der Waals surface area contributed by atoms with E-state index >= 15 is 0 Å². The molecule has 0 bridgehead atoms. The molecule has 0 heterocycles. The zero-order valence-corrected chi connectivity index (χ0v) is 12.7. The number of unbranched alkanes of at least 4 members (excludes halogenated alkanes) is 1. The van der Waals surface area contributed by atoms with Crippen molar-refractivity contribution in [1.29, 1.82) is 0 Å². The van der Waals surface area contributed by atoms with Crippen molar-refractivity contribution in [2.75, 3.05) is 6.54 Å². The van der Waals surface area contributed by atoms with Crippen molar-refractivity contribution in [2.45, 2.75) is 52.1 Å². The van der Waals surface area contributed by atoms with E-state index in [9.17, 15) is 5.11 Å². The SMILES string of the molecule is CCCCC(C#Cc1cccc(C(O)CCN)c1)CC. The molecule has 2 heteroatoms. The van der Waals surface area contributed by atoms with Gasteiger partial charge in [0.05, 0.1) is 6.10 Å². The lowest BCUT2D eigenvalue weighted by molar-refractivity contribution is 0.170. The number of benzene rings is 1. The third kappa shape index (κ3) is 5.77. The standard InChI is InChI=1S/C18H27NO/c1-3-5-7-15(4-2)10-11-16-8-6-9-17(14-16)18(20)12-13-19/h6,8-9,14-15,18,20H,3-5,7,12-13,19H2,1-2H3. The molecule has 2 nitrogen and oxygen atoms in total. The number of aliphatic hydroxyl groups excluding tert-OH is 1. The van der Waals surface area contributed by atoms with Crippen LogP contribution in [0.3, 0.4) is 0 Å². The Hall–Kier alpha value is -1.30. The molecule has 20 heavy (non-hydrogen) atoms. The predicted octanol–water partition coefficient (Wildman–Crippen LogP) is 3.64. The lowest BCUT2D eigenvalue weighted by Gasteiger charge is -2.09. The predicted molar refractivity (Wildman–Crippen MR) is 85.3 cm³/mol. The zero-order valence-electron chi connectivity index (χ0n) is 12.7. The first-order valence-electron chi connectivity index (χ1n) is 7.70. The second kappa shape index (κ2) is 9.58. The molecule has 0 spiro atoms. The van der Waals surface area contributed by atoms with Gasteiger partial charge in [-0.05, 0) is 43.5 Å². The van der Waals surface area contributed by atoms with Gasteiger partial charge in [-0.2, -0.15) is 0 Å². The van der Waals surface area contributed by atoms with Crippen molar-refractivity contribution in [3.63, 3.8) is 0 Å². The van der Waals surface area contributed by atoms with Crippen LogP contribution in [0.5, 0.6) is 0 Å². The fourth-order valence-electron chi connectivity index (χ4n) is 2.16. The highest BCUT2D eigenvalue weighted by Gasteiger charge is 2.06. The number of aliphatic hydroxyl groups is 1. The van der Waals surface area contributed by atoms with Crippen molar-refractivity contribution < 1.29 is 5.11 Å². The number of nitrogens with two attached hydrogens (primary N) is 1. The molecule has 3 N–H and O–H groups in total. The van der Waals surface area contributed by atoms with Crippen LogP contribution in [0.15, 0.2) is 24.3 Å². The van der Waals surface area contributed by atoms with E-state index in [1.54, 1.807) is 0 Å². The van der Waals surface area contributed by atoms with Crippen LogP contribution in [0, 0.1) is 17.8 Å². The van der Waals surface area contributed by atoms with Gasteiger partial charge in [-0.3, -0.25) is 0 Å². The van der Waals surface area contributed by atoms with Gasteiger partial charge in [-0.15, -0.1) is 0 Å². The molecule has 0 radical (unpaired) electrons. The van der Waals surface area contributed by atoms with Crippen molar-refractivity contribution in [3.05, 3.63) is 35.4 Å². The van der Waals surface area contributed by atoms with E-state index in [-0.39, 0.29) is 0 Å². The van der Waals surface area contributed by atoms with Gasteiger partial charge in [0.1, 0.15) is 0 Å². The smallest absolute Gasteiger partial charge is 0.0802 e. The number of rotatable bonds is 7. The fourth-order valence-corrected chi connectivity index (χ4v) is 2.16. The van der Waals surface area contributed by atoms with Crippen molar-refractivity contribution in [1.82, 2.24) is 0 Å². The summed E-state index contributed by atoms with van der Waals surface area (Å²) in [4.78, 5) is 0. The molecule has 0 amide bonds. The first kappa shape index (κ1) is 16.8. The second-order valence-electron chi connectivity index (χ2n) is 5.24. The molecule has 0 aliphatic rings. The monoisotopic (exact) mass is 273 g/mol. The van der Waals surface area contributed by atoms with E-state index in [4.69, 9.17) is 5.73 Å². The maximum Gasteiger partial charge on any atom is 0.0802 e. The molecule has 2 atom stereocenters. The van der Waals surface area contributed by atoms with Crippen LogP contribution in [0.25, 0.3) is 0 Å². The third-order valence-electron chi connectivity index (χ3n) is 3.53. The summed E-state index contributed by atoms with van der Waals surface area (Å²) in [6, 6.07) is 7.85. The van der Waals surface area contributed by atoms with Crippen molar-refractivity contribution >= 4 is 0 Å². The lowest BCUT2D eigenvalue weighted by Crippen LogP contribution is -2.06. The molecule has 0 aliphatic carbocycles. The summed E-state index contributed by atoms with van der Waals surface area (Å²) in [7, 11) is 0. The quantitative estimate of drug-likeness (QED) is 0.745. The van der Waals surface area contributed by atoms with E-state index in [0.29, 0.717) is 18.9 Å². The van der Waals surface area contributed by atoms with E-state index in [1.165, 1.54) is 19.3 Å². The molecule has 0 fully saturated rings. The molecule has 2 unspecified atom stereocenters. The van der Waals surface area contributed by atoms with Gasteiger partial charge in [0.2, 0.25) is 0 Å². The van der Waals surface area contributed by atoms with E-state index in [0.717, 1.165) is 17.5 Å². The van der Waals surface area contributed by atoms with Crippen LogP contribution in [-0.4, -0.2) is 11.7 Å². The van der Waals surface area contributed by atoms with Crippen LogP contribution in [0.4, 0.5) is 0 Å². The van der Waals surface area contributed by atoms with Crippen LogP contribution < -0.4 is 5.73 Å². The highest BCUT2D eigenvalue weighted by atomic mass is 16.3. The Kier molecular flexibility index (Phi) is 8.02. The van der Waals surface area contributed by atoms with Crippen LogP contribution >= 0.6 is 0 Å². The fraction of sp³-hybridized carbons (Fsp3) is 0.556. The molecule has 0 aromatic heterocycles. The second-order valence-corrected chi connectivity index (χ2v) is 5.24. The molecule has 1 rings (SSSR count). The van der Waals surface area contributed by atoms with Gasteiger partial charge < -0.3 is 10.8 Å². The topological polar surface area (TPSA) is 46.2 Å². The Labute approximate surface area is 123 Å². The van der Waals surface area contributed by atoms with Crippen molar-refractivity contribution in [3.8, 4) is 11.8 Å². The summed E-state index contributed by atoms with van der Waals surface area (Å²) >= 11 is 0. The third-order valence-corrected chi connectivity index (χ3v) is 3.53. The van der Waals surface area contributed by atoms with Crippen LogP contribution in [0.1, 0.15) is 63.2 Å². The van der Waals surface area contributed by atoms with Gasteiger partial charge in [0, 0.05) is 11.5 Å². The minimum Gasteiger partial charge on any atom is -0.388 e. The van der Waals surface area contributed by atoms with Crippen molar-refractivity contribution in [2.24, 2.45) is 11.7 Å². The van der Waals surface area contributed by atoms with Gasteiger partial charge in [0.15, 0.2) is 0 Å². The Morgan fingerprint density at radius 3 is 2.70 bits per heavy atom. The average molecular weight is 273 g/mol. The summed E-state index contributed by atoms with van der Waals surface area (Å²) in [6.07, 6.45) is 4.84. The van der Waals surface area contributed by atoms with Crippen LogP contribution in [-0.2, 0) is 0 Å². The minimum absolute atomic E-state index is 0.479. The Morgan fingerprint density at radius 1 is 1.25 bits per heavy atom. The van der Waals surface area contributed by atoms with Crippen LogP contribution in [0.2, 0.25) is 0 Å². The van der Waals surface area contributed by atoms with Gasteiger partial charge in [-0.25, -0.2) is 0 Å². The highest BCUT2D eigenvalue weighted by Crippen LogP contribution is 2.17. The first-order chi connectivity index (χ1) is 9.71. The molecule has 110 valence electrons. The number of hydrogen-bond donors (Lipinski definition) is 2. The highest BCUT2D eigenvalue weighted by molar-refractivity contribution is 5.38.